The highest BCUT2D eigenvalue weighted by atomic mass is 35.5. The zero-order valence-electron chi connectivity index (χ0n) is 14.2. The first-order chi connectivity index (χ1) is 11.2. The van der Waals surface area contributed by atoms with Crippen LogP contribution in [0.3, 0.4) is 0 Å². The molecule has 0 radical (unpaired) electrons. The average molecular weight is 356 g/mol. The zero-order valence-corrected chi connectivity index (χ0v) is 15.0. The standard InChI is InChI=1S/C17H23ClFN3O2/c1-17(2,3)20-16(24)22-9-5-8-21(10-11-22)15(23)14-12(18)6-4-7-13(14)19/h4,6-7H,5,8-11H2,1-3H3,(H,20,24). The number of amides is 3. The van der Waals surface area contributed by atoms with Crippen molar-refractivity contribution in [3.63, 3.8) is 0 Å². The number of halogens is 2. The van der Waals surface area contributed by atoms with Gasteiger partial charge in [0.25, 0.3) is 5.91 Å². The van der Waals surface area contributed by atoms with E-state index < -0.39 is 11.7 Å². The maximum atomic E-state index is 13.9. The fourth-order valence-electron chi connectivity index (χ4n) is 2.58. The normalized spacial score (nSPS) is 15.9. The molecule has 1 aliphatic rings. The molecule has 1 saturated heterocycles. The summed E-state index contributed by atoms with van der Waals surface area (Å²) >= 11 is 5.97. The minimum atomic E-state index is -0.626. The molecule has 0 spiro atoms. The monoisotopic (exact) mass is 355 g/mol. The summed E-state index contributed by atoms with van der Waals surface area (Å²) in [6, 6.07) is 4.04. The van der Waals surface area contributed by atoms with Crippen LogP contribution in [0.15, 0.2) is 18.2 Å². The summed E-state index contributed by atoms with van der Waals surface area (Å²) < 4.78 is 13.9. The maximum absolute atomic E-state index is 13.9. The van der Waals surface area contributed by atoms with Crippen LogP contribution in [0, 0.1) is 5.82 Å². The number of benzene rings is 1. The molecule has 1 N–H and O–H groups in total. The first kappa shape index (κ1) is 18.5. The van der Waals surface area contributed by atoms with Crippen molar-refractivity contribution in [2.24, 2.45) is 0 Å². The molecule has 0 atom stereocenters. The molecule has 1 aromatic rings. The van der Waals surface area contributed by atoms with Crippen molar-refractivity contribution in [3.8, 4) is 0 Å². The van der Waals surface area contributed by atoms with E-state index in [2.05, 4.69) is 5.32 Å². The van der Waals surface area contributed by atoms with Gasteiger partial charge in [-0.15, -0.1) is 0 Å². The van der Waals surface area contributed by atoms with Crippen molar-refractivity contribution in [3.05, 3.63) is 34.6 Å². The first-order valence-corrected chi connectivity index (χ1v) is 8.37. The molecule has 2 rings (SSSR count). The molecule has 3 amide bonds. The van der Waals surface area contributed by atoms with Crippen LogP contribution >= 0.6 is 11.6 Å². The van der Waals surface area contributed by atoms with Crippen LogP contribution in [-0.4, -0.2) is 53.5 Å². The van der Waals surface area contributed by atoms with Gasteiger partial charge in [-0.2, -0.15) is 0 Å². The van der Waals surface area contributed by atoms with Crippen molar-refractivity contribution in [2.45, 2.75) is 32.7 Å². The topological polar surface area (TPSA) is 52.7 Å². The third-order valence-electron chi connectivity index (χ3n) is 3.73. The highest BCUT2D eigenvalue weighted by Gasteiger charge is 2.27. The van der Waals surface area contributed by atoms with Crippen LogP contribution in [0.2, 0.25) is 5.02 Å². The third-order valence-corrected chi connectivity index (χ3v) is 4.04. The number of carbonyl (C=O) groups is 2. The lowest BCUT2D eigenvalue weighted by Crippen LogP contribution is -2.49. The summed E-state index contributed by atoms with van der Waals surface area (Å²) in [5.74, 6) is -1.06. The minimum Gasteiger partial charge on any atom is -0.337 e. The Morgan fingerprint density at radius 1 is 1.12 bits per heavy atom. The minimum absolute atomic E-state index is 0.103. The number of nitrogens with one attached hydrogen (secondary N) is 1. The van der Waals surface area contributed by atoms with Crippen molar-refractivity contribution in [1.29, 1.82) is 0 Å². The Hall–Kier alpha value is -1.82. The summed E-state index contributed by atoms with van der Waals surface area (Å²) in [6.45, 7) is 7.51. The quantitative estimate of drug-likeness (QED) is 0.841. The molecule has 1 fully saturated rings. The average Bonchev–Trinajstić information content (AvgIpc) is 2.71. The number of hydrogen-bond acceptors (Lipinski definition) is 2. The Morgan fingerprint density at radius 3 is 2.38 bits per heavy atom. The van der Waals surface area contributed by atoms with E-state index in [1.165, 1.54) is 18.2 Å². The van der Waals surface area contributed by atoms with E-state index in [0.29, 0.717) is 32.6 Å². The fourth-order valence-corrected chi connectivity index (χ4v) is 2.83. The van der Waals surface area contributed by atoms with Gasteiger partial charge in [-0.05, 0) is 39.3 Å². The van der Waals surface area contributed by atoms with Gasteiger partial charge in [-0.3, -0.25) is 4.79 Å². The van der Waals surface area contributed by atoms with Gasteiger partial charge in [-0.1, -0.05) is 17.7 Å². The van der Waals surface area contributed by atoms with Crippen molar-refractivity contribution in [2.75, 3.05) is 26.2 Å². The number of rotatable bonds is 1. The molecule has 5 nitrogen and oxygen atoms in total. The zero-order chi connectivity index (χ0) is 17.9. The molecular weight excluding hydrogens is 333 g/mol. The highest BCUT2D eigenvalue weighted by Crippen LogP contribution is 2.21. The Morgan fingerprint density at radius 2 is 1.75 bits per heavy atom. The molecule has 0 aromatic heterocycles. The second-order valence-corrected chi connectivity index (χ2v) is 7.32. The van der Waals surface area contributed by atoms with Gasteiger partial charge in [0.1, 0.15) is 5.82 Å². The molecule has 0 unspecified atom stereocenters. The number of hydrogen-bond donors (Lipinski definition) is 1. The van der Waals surface area contributed by atoms with Crippen LogP contribution in [-0.2, 0) is 0 Å². The Balaban J connectivity index is 2.05. The third kappa shape index (κ3) is 4.60. The van der Waals surface area contributed by atoms with Crippen LogP contribution in [0.5, 0.6) is 0 Å². The van der Waals surface area contributed by atoms with Crippen molar-refractivity contribution < 1.29 is 14.0 Å². The molecule has 132 valence electrons. The molecule has 7 heteroatoms. The molecule has 0 aliphatic carbocycles. The number of carbonyl (C=O) groups excluding carboxylic acids is 2. The lowest BCUT2D eigenvalue weighted by atomic mass is 10.1. The number of urea groups is 1. The summed E-state index contributed by atoms with van der Waals surface area (Å²) in [5.41, 5.74) is -0.425. The number of nitrogens with zero attached hydrogens (tertiary/aromatic N) is 2. The largest absolute Gasteiger partial charge is 0.337 e. The van der Waals surface area contributed by atoms with Gasteiger partial charge >= 0.3 is 6.03 Å². The van der Waals surface area contributed by atoms with Gasteiger partial charge in [0.2, 0.25) is 0 Å². The van der Waals surface area contributed by atoms with E-state index >= 15 is 0 Å². The van der Waals surface area contributed by atoms with Gasteiger partial charge < -0.3 is 15.1 Å². The van der Waals surface area contributed by atoms with Crippen LogP contribution in [0.25, 0.3) is 0 Å². The Kier molecular flexibility index (Phi) is 5.70. The predicted molar refractivity (Wildman–Crippen MR) is 91.8 cm³/mol. The molecule has 1 aromatic carbocycles. The fraction of sp³-hybridized carbons (Fsp3) is 0.529. The summed E-state index contributed by atoms with van der Waals surface area (Å²) in [4.78, 5) is 28.1. The van der Waals surface area contributed by atoms with Crippen LogP contribution in [0.1, 0.15) is 37.6 Å². The highest BCUT2D eigenvalue weighted by molar-refractivity contribution is 6.33. The molecular formula is C17H23ClFN3O2. The van der Waals surface area contributed by atoms with Gasteiger partial charge in [0.05, 0.1) is 10.6 Å². The van der Waals surface area contributed by atoms with E-state index in [1.807, 2.05) is 20.8 Å². The van der Waals surface area contributed by atoms with Gasteiger partial charge in [0.15, 0.2) is 0 Å². The molecule has 0 saturated carbocycles. The van der Waals surface area contributed by atoms with E-state index in [1.54, 1.807) is 9.80 Å². The van der Waals surface area contributed by atoms with E-state index in [-0.39, 0.29) is 22.2 Å². The molecule has 1 aliphatic heterocycles. The van der Waals surface area contributed by atoms with Gasteiger partial charge in [-0.25, -0.2) is 9.18 Å². The molecule has 1 heterocycles. The van der Waals surface area contributed by atoms with Crippen LogP contribution in [0.4, 0.5) is 9.18 Å². The summed E-state index contributed by atoms with van der Waals surface area (Å²) in [6.07, 6.45) is 0.634. The van der Waals surface area contributed by atoms with E-state index in [9.17, 15) is 14.0 Å². The molecule has 24 heavy (non-hydrogen) atoms. The second kappa shape index (κ2) is 7.38. The first-order valence-electron chi connectivity index (χ1n) is 7.99. The second-order valence-electron chi connectivity index (χ2n) is 6.91. The Bertz CT molecular complexity index is 611. The summed E-state index contributed by atoms with van der Waals surface area (Å²) in [7, 11) is 0. The SMILES string of the molecule is CC(C)(C)NC(=O)N1CCCN(C(=O)c2c(F)cccc2Cl)CC1. The smallest absolute Gasteiger partial charge is 0.317 e. The van der Waals surface area contributed by atoms with Gasteiger partial charge in [0, 0.05) is 31.7 Å². The van der Waals surface area contributed by atoms with Crippen molar-refractivity contribution in [1.82, 2.24) is 15.1 Å². The summed E-state index contributed by atoms with van der Waals surface area (Å²) in [5, 5.41) is 3.02. The predicted octanol–water partition coefficient (Wildman–Crippen LogP) is 3.14. The lowest BCUT2D eigenvalue weighted by molar-refractivity contribution is 0.0757. The van der Waals surface area contributed by atoms with E-state index in [4.69, 9.17) is 11.6 Å². The molecule has 0 bridgehead atoms. The van der Waals surface area contributed by atoms with E-state index in [0.717, 1.165) is 0 Å². The van der Waals surface area contributed by atoms with Crippen molar-refractivity contribution >= 4 is 23.5 Å². The Labute approximate surface area is 146 Å². The van der Waals surface area contributed by atoms with Crippen LogP contribution < -0.4 is 5.32 Å². The maximum Gasteiger partial charge on any atom is 0.317 e. The lowest BCUT2D eigenvalue weighted by Gasteiger charge is -2.27.